The van der Waals surface area contributed by atoms with Gasteiger partial charge in [0.05, 0.1) is 20.1 Å². The molecule has 0 atom stereocenters. The minimum Gasteiger partial charge on any atom is -0.242 e. The minimum absolute atomic E-state index is 0.216. The maximum Gasteiger partial charge on any atom is 0.159 e. The van der Waals surface area contributed by atoms with Crippen molar-refractivity contribution in [3.8, 4) is 12.1 Å². The van der Waals surface area contributed by atoms with Gasteiger partial charge < -0.3 is 0 Å². The van der Waals surface area contributed by atoms with E-state index in [1.807, 2.05) is 12.1 Å². The lowest BCUT2D eigenvalue weighted by atomic mass is 10.2. The Bertz CT molecular complexity index is 723. The van der Waals surface area contributed by atoms with Crippen LogP contribution in [-0.4, -0.2) is 9.97 Å². The molecule has 0 aromatic carbocycles. The molecule has 2 aromatic heterocycles. The molecule has 22 heavy (non-hydrogen) atoms. The van der Waals surface area contributed by atoms with Crippen molar-refractivity contribution in [1.82, 2.24) is 9.97 Å². The van der Waals surface area contributed by atoms with E-state index >= 15 is 0 Å². The molecule has 0 bridgehead atoms. The highest BCUT2D eigenvalue weighted by atomic mass is 35.5. The summed E-state index contributed by atoms with van der Waals surface area (Å²) in [5.41, 5.74) is 1.82. The van der Waals surface area contributed by atoms with Gasteiger partial charge in [0.2, 0.25) is 0 Å². The molecule has 2 aromatic rings. The van der Waals surface area contributed by atoms with E-state index in [9.17, 15) is 0 Å². The van der Waals surface area contributed by atoms with Crippen LogP contribution in [-0.2, 0) is 0 Å². The summed E-state index contributed by atoms with van der Waals surface area (Å²) in [4.78, 5) is 7.46. The first-order valence-corrected chi connectivity index (χ1v) is 7.26. The molecular formula is C14H8Cl4N4. The number of hydrogen-bond donors (Lipinski definition) is 0. The van der Waals surface area contributed by atoms with Gasteiger partial charge in [0.25, 0.3) is 0 Å². The predicted molar refractivity (Wildman–Crippen MR) is 87.4 cm³/mol. The Morgan fingerprint density at radius 2 is 1.09 bits per heavy atom. The first kappa shape index (κ1) is 18.5. The van der Waals surface area contributed by atoms with Crippen LogP contribution >= 0.6 is 46.4 Å². The lowest BCUT2D eigenvalue weighted by molar-refractivity contribution is 1.23. The van der Waals surface area contributed by atoms with Gasteiger partial charge in [-0.3, -0.25) is 0 Å². The third-order valence-corrected chi connectivity index (χ3v) is 4.30. The zero-order valence-electron chi connectivity index (χ0n) is 11.5. The second kappa shape index (κ2) is 8.17. The van der Waals surface area contributed by atoms with Crippen molar-refractivity contribution in [1.29, 1.82) is 10.5 Å². The molecule has 0 aliphatic carbocycles. The van der Waals surface area contributed by atoms with Crippen molar-refractivity contribution in [3.63, 3.8) is 0 Å². The summed E-state index contributed by atoms with van der Waals surface area (Å²) in [6, 6.07) is 3.72. The second-order valence-electron chi connectivity index (χ2n) is 4.01. The van der Waals surface area contributed by atoms with Gasteiger partial charge in [-0.05, 0) is 25.0 Å². The van der Waals surface area contributed by atoms with Crippen LogP contribution in [0.15, 0.2) is 12.4 Å². The SMILES string of the molecule is Cc1c(Cl)cnc(C#N)c1Cl.Cc1c(Cl)cnc(C#N)c1Cl. The maximum atomic E-state index is 8.49. The summed E-state index contributed by atoms with van der Waals surface area (Å²) in [7, 11) is 0. The zero-order valence-corrected chi connectivity index (χ0v) is 14.5. The van der Waals surface area contributed by atoms with Gasteiger partial charge in [-0.1, -0.05) is 46.4 Å². The lowest BCUT2D eigenvalue weighted by Crippen LogP contribution is -1.87. The molecule has 2 heterocycles. The summed E-state index contributed by atoms with van der Waals surface area (Å²) in [6.45, 7) is 3.49. The fourth-order valence-electron chi connectivity index (χ4n) is 1.27. The molecule has 2 rings (SSSR count). The summed E-state index contributed by atoms with van der Waals surface area (Å²) < 4.78 is 0. The van der Waals surface area contributed by atoms with Crippen molar-refractivity contribution in [2.75, 3.05) is 0 Å². The van der Waals surface area contributed by atoms with Crippen LogP contribution in [0.25, 0.3) is 0 Å². The molecule has 0 amide bonds. The monoisotopic (exact) mass is 372 g/mol. The molecule has 8 heteroatoms. The number of pyridine rings is 2. The number of hydrogen-bond acceptors (Lipinski definition) is 4. The second-order valence-corrected chi connectivity index (χ2v) is 5.58. The highest BCUT2D eigenvalue weighted by Gasteiger charge is 2.07. The molecule has 112 valence electrons. The van der Waals surface area contributed by atoms with E-state index in [4.69, 9.17) is 56.9 Å². The van der Waals surface area contributed by atoms with E-state index < -0.39 is 0 Å². The van der Waals surface area contributed by atoms with Crippen LogP contribution in [0.3, 0.4) is 0 Å². The smallest absolute Gasteiger partial charge is 0.159 e. The number of halogens is 4. The molecule has 0 radical (unpaired) electrons. The average Bonchev–Trinajstić information content (AvgIpc) is 2.51. The molecule has 0 aliphatic rings. The van der Waals surface area contributed by atoms with E-state index in [0.717, 1.165) is 0 Å². The van der Waals surface area contributed by atoms with Crippen LogP contribution in [0.5, 0.6) is 0 Å². The molecule has 0 saturated heterocycles. The standard InChI is InChI=1S/2C7H4Cl2N2/c2*1-4-5(8)3-11-6(2-10)7(4)9/h2*3H,1H3. The molecular weight excluding hydrogens is 366 g/mol. The average molecular weight is 374 g/mol. The zero-order chi connectivity index (χ0) is 16.9. The summed E-state index contributed by atoms with van der Waals surface area (Å²) >= 11 is 22.8. The number of nitrogens with zero attached hydrogens (tertiary/aromatic N) is 4. The highest BCUT2D eigenvalue weighted by Crippen LogP contribution is 2.25. The van der Waals surface area contributed by atoms with E-state index in [-0.39, 0.29) is 11.4 Å². The summed E-state index contributed by atoms with van der Waals surface area (Å²) in [5.74, 6) is 0. The molecule has 0 unspecified atom stereocenters. The van der Waals surface area contributed by atoms with E-state index in [1.165, 1.54) is 12.4 Å². The Hall–Kier alpha value is -1.56. The first-order chi connectivity index (χ1) is 10.3. The number of nitriles is 2. The van der Waals surface area contributed by atoms with Crippen molar-refractivity contribution in [2.45, 2.75) is 13.8 Å². The van der Waals surface area contributed by atoms with Crippen molar-refractivity contribution >= 4 is 46.4 Å². The largest absolute Gasteiger partial charge is 0.242 e. The van der Waals surface area contributed by atoms with Gasteiger partial charge in [0.15, 0.2) is 11.4 Å². The fraction of sp³-hybridized carbons (Fsp3) is 0.143. The van der Waals surface area contributed by atoms with Crippen LogP contribution in [0.4, 0.5) is 0 Å². The molecule has 0 fully saturated rings. The van der Waals surface area contributed by atoms with Gasteiger partial charge in [-0.2, -0.15) is 10.5 Å². The Kier molecular flexibility index (Phi) is 6.87. The van der Waals surface area contributed by atoms with Gasteiger partial charge in [0, 0.05) is 12.4 Å². The Morgan fingerprint density at radius 3 is 1.36 bits per heavy atom. The van der Waals surface area contributed by atoms with Gasteiger partial charge >= 0.3 is 0 Å². The van der Waals surface area contributed by atoms with Crippen molar-refractivity contribution < 1.29 is 0 Å². The number of aromatic nitrogens is 2. The first-order valence-electron chi connectivity index (χ1n) is 5.74. The Balaban J connectivity index is 0.000000220. The van der Waals surface area contributed by atoms with Gasteiger partial charge in [-0.25, -0.2) is 9.97 Å². The van der Waals surface area contributed by atoms with Crippen molar-refractivity contribution in [2.24, 2.45) is 0 Å². The van der Waals surface area contributed by atoms with Crippen LogP contribution < -0.4 is 0 Å². The predicted octanol–water partition coefficient (Wildman–Crippen LogP) is 5.14. The summed E-state index contributed by atoms with van der Waals surface area (Å²) in [5, 5.41) is 18.6. The minimum atomic E-state index is 0.216. The molecule has 4 nitrogen and oxygen atoms in total. The van der Waals surface area contributed by atoms with Crippen molar-refractivity contribution in [3.05, 3.63) is 55.0 Å². The molecule has 0 N–H and O–H groups in total. The van der Waals surface area contributed by atoms with Gasteiger partial charge in [0.1, 0.15) is 12.1 Å². The quantitative estimate of drug-likeness (QED) is 0.640. The van der Waals surface area contributed by atoms with Gasteiger partial charge in [-0.15, -0.1) is 0 Å². The normalized spacial score (nSPS) is 9.27. The Labute approximate surface area is 147 Å². The molecule has 0 spiro atoms. The van der Waals surface area contributed by atoms with Crippen LogP contribution in [0.2, 0.25) is 20.1 Å². The summed E-state index contributed by atoms with van der Waals surface area (Å²) in [6.07, 6.45) is 2.84. The van der Waals surface area contributed by atoms with Crippen LogP contribution in [0, 0.1) is 36.5 Å². The van der Waals surface area contributed by atoms with E-state index in [2.05, 4.69) is 9.97 Å². The topological polar surface area (TPSA) is 73.4 Å². The molecule has 0 aliphatic heterocycles. The lowest BCUT2D eigenvalue weighted by Gasteiger charge is -1.99. The fourth-order valence-corrected chi connectivity index (χ4v) is 2.04. The highest BCUT2D eigenvalue weighted by molar-refractivity contribution is 6.36. The van der Waals surface area contributed by atoms with Crippen LogP contribution in [0.1, 0.15) is 22.5 Å². The third kappa shape index (κ3) is 4.22. The van der Waals surface area contributed by atoms with E-state index in [0.29, 0.717) is 31.2 Å². The number of rotatable bonds is 0. The van der Waals surface area contributed by atoms with E-state index in [1.54, 1.807) is 13.8 Å². The molecule has 0 saturated carbocycles. The third-order valence-electron chi connectivity index (χ3n) is 2.62. The maximum absolute atomic E-state index is 8.49. The Morgan fingerprint density at radius 1 is 0.773 bits per heavy atom.